The highest BCUT2D eigenvalue weighted by Gasteiger charge is 2.28. The SMILES string of the molecule is C[C@@H](O)[C@H](NC(=O)N[C@@H](CC(N)=O)c1nc(-c2ccc(-c3ccccc3)cc2)no1)C(=O)O. The van der Waals surface area contributed by atoms with Crippen LogP contribution in [0.5, 0.6) is 0 Å². The zero-order valence-electron chi connectivity index (χ0n) is 17.6. The lowest BCUT2D eigenvalue weighted by molar-refractivity contribution is -0.141. The van der Waals surface area contributed by atoms with Crippen molar-refractivity contribution in [1.29, 1.82) is 0 Å². The van der Waals surface area contributed by atoms with Crippen molar-refractivity contribution in [3.05, 3.63) is 60.5 Å². The third-order valence-corrected chi connectivity index (χ3v) is 4.74. The van der Waals surface area contributed by atoms with Crippen molar-refractivity contribution >= 4 is 17.9 Å². The Balaban J connectivity index is 1.76. The Bertz CT molecular complexity index is 1110. The molecule has 3 rings (SSSR count). The van der Waals surface area contributed by atoms with Gasteiger partial charge in [0.15, 0.2) is 6.04 Å². The maximum absolute atomic E-state index is 12.2. The molecule has 2 aromatic carbocycles. The molecule has 3 amide bonds. The summed E-state index contributed by atoms with van der Waals surface area (Å²) in [6.07, 6.45) is -1.72. The number of urea groups is 1. The van der Waals surface area contributed by atoms with Gasteiger partial charge in [-0.25, -0.2) is 9.59 Å². The van der Waals surface area contributed by atoms with Crippen molar-refractivity contribution in [2.75, 3.05) is 0 Å². The number of nitrogens with two attached hydrogens (primary N) is 1. The van der Waals surface area contributed by atoms with Crippen molar-refractivity contribution in [1.82, 2.24) is 20.8 Å². The zero-order valence-corrected chi connectivity index (χ0v) is 17.6. The van der Waals surface area contributed by atoms with Crippen molar-refractivity contribution in [3.63, 3.8) is 0 Å². The molecule has 0 spiro atoms. The van der Waals surface area contributed by atoms with Crippen molar-refractivity contribution in [2.24, 2.45) is 5.73 Å². The molecule has 0 aliphatic carbocycles. The summed E-state index contributed by atoms with van der Waals surface area (Å²) in [6.45, 7) is 1.22. The van der Waals surface area contributed by atoms with Crippen molar-refractivity contribution < 1.29 is 29.1 Å². The van der Waals surface area contributed by atoms with E-state index >= 15 is 0 Å². The van der Waals surface area contributed by atoms with Crippen molar-refractivity contribution in [3.8, 4) is 22.5 Å². The summed E-state index contributed by atoms with van der Waals surface area (Å²) in [5, 5.41) is 27.0. The van der Waals surface area contributed by atoms with Gasteiger partial charge in [-0.2, -0.15) is 4.98 Å². The molecular formula is C22H23N5O6. The van der Waals surface area contributed by atoms with Crippen LogP contribution in [0, 0.1) is 0 Å². The summed E-state index contributed by atoms with van der Waals surface area (Å²) in [5.74, 6) is -2.04. The summed E-state index contributed by atoms with van der Waals surface area (Å²) < 4.78 is 5.22. The quantitative estimate of drug-likeness (QED) is 0.323. The normalized spacial score (nSPS) is 13.5. The van der Waals surface area contributed by atoms with Gasteiger partial charge in [0.05, 0.1) is 12.5 Å². The number of amides is 3. The third-order valence-electron chi connectivity index (χ3n) is 4.74. The Hall–Kier alpha value is -4.25. The smallest absolute Gasteiger partial charge is 0.328 e. The van der Waals surface area contributed by atoms with Gasteiger partial charge in [-0.05, 0) is 18.1 Å². The minimum atomic E-state index is -1.55. The summed E-state index contributed by atoms with van der Waals surface area (Å²) in [5.41, 5.74) is 7.95. The lowest BCUT2D eigenvalue weighted by Gasteiger charge is -2.19. The van der Waals surface area contributed by atoms with Gasteiger partial charge in [-0.3, -0.25) is 4.79 Å². The first-order valence-electron chi connectivity index (χ1n) is 10.00. The van der Waals surface area contributed by atoms with Crippen LogP contribution in [0.15, 0.2) is 59.1 Å². The second kappa shape index (κ2) is 10.4. The Kier molecular flexibility index (Phi) is 7.36. The van der Waals surface area contributed by atoms with E-state index in [9.17, 15) is 19.5 Å². The fraction of sp³-hybridized carbons (Fsp3) is 0.227. The molecule has 0 radical (unpaired) electrons. The first kappa shape index (κ1) is 23.4. The van der Waals surface area contributed by atoms with E-state index in [-0.39, 0.29) is 18.1 Å². The van der Waals surface area contributed by atoms with Crippen molar-refractivity contribution in [2.45, 2.75) is 31.5 Å². The molecule has 0 unspecified atom stereocenters. The highest BCUT2D eigenvalue weighted by Crippen LogP contribution is 2.24. The number of benzene rings is 2. The van der Waals surface area contributed by atoms with Gasteiger partial charge in [-0.1, -0.05) is 59.8 Å². The molecule has 6 N–H and O–H groups in total. The minimum absolute atomic E-state index is 0.0880. The van der Waals surface area contributed by atoms with Crippen LogP contribution >= 0.6 is 0 Å². The average molecular weight is 453 g/mol. The number of carboxylic acids is 1. The van der Waals surface area contributed by atoms with Crippen LogP contribution in [0.3, 0.4) is 0 Å². The fourth-order valence-electron chi connectivity index (χ4n) is 3.07. The van der Waals surface area contributed by atoms with Gasteiger partial charge in [0.25, 0.3) is 0 Å². The average Bonchev–Trinajstić information content (AvgIpc) is 3.27. The number of aliphatic hydroxyl groups excluding tert-OH is 1. The molecule has 0 bridgehead atoms. The third kappa shape index (κ3) is 6.14. The Morgan fingerprint density at radius 2 is 1.61 bits per heavy atom. The molecule has 3 aromatic rings. The van der Waals surface area contributed by atoms with Gasteiger partial charge in [0.1, 0.15) is 6.04 Å². The van der Waals surface area contributed by atoms with Gasteiger partial charge in [0, 0.05) is 5.56 Å². The predicted octanol–water partition coefficient (Wildman–Crippen LogP) is 1.45. The fourth-order valence-corrected chi connectivity index (χ4v) is 3.07. The Morgan fingerprint density at radius 3 is 2.18 bits per heavy atom. The van der Waals surface area contributed by atoms with Crippen LogP contribution < -0.4 is 16.4 Å². The number of hydrogen-bond acceptors (Lipinski definition) is 7. The number of aromatic nitrogens is 2. The number of nitrogens with one attached hydrogen (secondary N) is 2. The largest absolute Gasteiger partial charge is 0.480 e. The van der Waals surface area contributed by atoms with Crippen LogP contribution in [0.25, 0.3) is 22.5 Å². The van der Waals surface area contributed by atoms with E-state index in [1.54, 1.807) is 12.1 Å². The van der Waals surface area contributed by atoms with Gasteiger partial charge < -0.3 is 31.1 Å². The monoisotopic (exact) mass is 453 g/mol. The molecule has 3 atom stereocenters. The van der Waals surface area contributed by atoms with E-state index < -0.39 is 36.1 Å². The number of carbonyl (C=O) groups is 3. The molecule has 0 aliphatic rings. The minimum Gasteiger partial charge on any atom is -0.480 e. The number of hydrogen-bond donors (Lipinski definition) is 5. The molecule has 33 heavy (non-hydrogen) atoms. The number of nitrogens with zero attached hydrogens (tertiary/aromatic N) is 2. The molecule has 11 heteroatoms. The van der Waals surface area contributed by atoms with Gasteiger partial charge in [-0.15, -0.1) is 0 Å². The molecule has 0 fully saturated rings. The maximum Gasteiger partial charge on any atom is 0.328 e. The first-order chi connectivity index (χ1) is 15.7. The molecule has 11 nitrogen and oxygen atoms in total. The van der Waals surface area contributed by atoms with E-state index in [2.05, 4.69) is 20.8 Å². The molecule has 172 valence electrons. The first-order valence-corrected chi connectivity index (χ1v) is 10.00. The Labute approximate surface area is 188 Å². The van der Waals surface area contributed by atoms with Crippen LogP contribution in [0.4, 0.5) is 4.79 Å². The zero-order chi connectivity index (χ0) is 24.0. The lowest BCUT2D eigenvalue weighted by Crippen LogP contribution is -2.52. The predicted molar refractivity (Wildman–Crippen MR) is 116 cm³/mol. The summed E-state index contributed by atoms with van der Waals surface area (Å²) in [6, 6.07) is 13.6. The van der Waals surface area contributed by atoms with Gasteiger partial charge in [0.2, 0.25) is 17.6 Å². The molecular weight excluding hydrogens is 430 g/mol. The second-order valence-corrected chi connectivity index (χ2v) is 7.30. The van der Waals surface area contributed by atoms with Crippen LogP contribution in [0.2, 0.25) is 0 Å². The molecule has 0 saturated carbocycles. The summed E-state index contributed by atoms with van der Waals surface area (Å²) in [4.78, 5) is 39.1. The highest BCUT2D eigenvalue weighted by atomic mass is 16.5. The number of aliphatic hydroxyl groups is 1. The maximum atomic E-state index is 12.2. The number of carboxylic acid groups (broad SMARTS) is 1. The molecule has 0 saturated heterocycles. The summed E-state index contributed by atoms with van der Waals surface area (Å²) >= 11 is 0. The number of rotatable bonds is 9. The topological polar surface area (TPSA) is 181 Å². The number of aliphatic carboxylic acids is 1. The molecule has 1 aromatic heterocycles. The van der Waals surface area contributed by atoms with Crippen LogP contribution in [-0.2, 0) is 9.59 Å². The summed E-state index contributed by atoms with van der Waals surface area (Å²) in [7, 11) is 0. The molecule has 1 heterocycles. The lowest BCUT2D eigenvalue weighted by atomic mass is 10.0. The standard InChI is InChI=1S/C22H23N5O6/c1-12(28)18(21(30)31)25-22(32)24-16(11-17(23)29)20-26-19(27-33-20)15-9-7-14(8-10-15)13-5-3-2-4-6-13/h2-10,12,16,18,28H,11H2,1H3,(H2,23,29)(H,30,31)(H2,24,25,32)/t12-,16+,18+/m1/s1. The highest BCUT2D eigenvalue weighted by molar-refractivity contribution is 5.83. The second-order valence-electron chi connectivity index (χ2n) is 7.30. The van der Waals surface area contributed by atoms with Gasteiger partial charge >= 0.3 is 12.0 Å². The molecule has 0 aliphatic heterocycles. The van der Waals surface area contributed by atoms with E-state index in [4.69, 9.17) is 15.4 Å². The van der Waals surface area contributed by atoms with Crippen LogP contribution in [0.1, 0.15) is 25.3 Å². The van der Waals surface area contributed by atoms with E-state index in [0.717, 1.165) is 11.1 Å². The van der Waals surface area contributed by atoms with Crippen LogP contribution in [-0.4, -0.2) is 50.4 Å². The number of carbonyl (C=O) groups excluding carboxylic acids is 2. The van der Waals surface area contributed by atoms with E-state index in [1.807, 2.05) is 42.5 Å². The van der Waals surface area contributed by atoms with E-state index in [1.165, 1.54) is 6.92 Å². The van der Waals surface area contributed by atoms with E-state index in [0.29, 0.717) is 5.56 Å². The Morgan fingerprint density at radius 1 is 1.00 bits per heavy atom. The number of primary amides is 1.